The van der Waals surface area contributed by atoms with Crippen LogP contribution in [0.15, 0.2) is 0 Å². The van der Waals surface area contributed by atoms with Crippen LogP contribution >= 0.6 is 15.6 Å². The van der Waals surface area contributed by atoms with E-state index in [4.69, 9.17) is 37.0 Å². The van der Waals surface area contributed by atoms with E-state index in [1.165, 1.54) is 270 Å². The fraction of sp³-hybridized carbons (Fsp3) is 0.953. The van der Waals surface area contributed by atoms with Crippen molar-refractivity contribution in [3.63, 3.8) is 0 Å². The topological polar surface area (TPSA) is 237 Å². The van der Waals surface area contributed by atoms with Gasteiger partial charge in [0.2, 0.25) is 0 Å². The summed E-state index contributed by atoms with van der Waals surface area (Å²) >= 11 is 0. The molecule has 0 aliphatic heterocycles. The van der Waals surface area contributed by atoms with Crippen molar-refractivity contribution < 1.29 is 80.2 Å². The normalized spacial score (nSPS) is 13.8. The number of hydrogen-bond acceptors (Lipinski definition) is 15. The Kier molecular flexibility index (Phi) is 75.0. The standard InChI is InChI=1S/C85H166O17P2/c1-7-9-11-13-15-17-19-21-23-25-26-27-29-31-33-38-44-51-57-63-69-84(89)101-80(73-95-82(87)67-61-55-49-43-37-32-30-28-24-22-20-18-16-14-12-10-8-2)75-99-103(91,92)97-71-79(86)72-98-104(93,94)100-76-81(74-96-83(88)68-62-56-50-46-40-42-48-54-60-66-78(5)6)102-85(90)70-64-58-52-45-39-35-34-36-41-47-53-59-65-77(3)4/h77-81,86H,7-76H2,1-6H3,(H,91,92)(H,93,94)/t79-,80-,81-/m1/s1. The molecule has 3 N–H and O–H groups in total. The van der Waals surface area contributed by atoms with Gasteiger partial charge in [-0.3, -0.25) is 37.3 Å². The van der Waals surface area contributed by atoms with E-state index in [9.17, 15) is 43.2 Å². The summed E-state index contributed by atoms with van der Waals surface area (Å²) in [5.74, 6) is -0.583. The predicted molar refractivity (Wildman–Crippen MR) is 428 cm³/mol. The Morgan fingerprint density at radius 1 is 0.260 bits per heavy atom. The number of rotatable bonds is 84. The summed E-state index contributed by atoms with van der Waals surface area (Å²) in [6, 6.07) is 0. The van der Waals surface area contributed by atoms with Crippen LogP contribution in [0, 0.1) is 11.8 Å². The van der Waals surface area contributed by atoms with Crippen LogP contribution in [-0.2, 0) is 65.4 Å². The molecule has 0 bridgehead atoms. The van der Waals surface area contributed by atoms with Crippen LogP contribution in [0.3, 0.4) is 0 Å². The van der Waals surface area contributed by atoms with Crippen LogP contribution in [0.5, 0.6) is 0 Å². The number of unbranched alkanes of at least 4 members (excludes halogenated alkanes) is 54. The highest BCUT2D eigenvalue weighted by Crippen LogP contribution is 2.45. The number of aliphatic hydroxyl groups excluding tert-OH is 1. The highest BCUT2D eigenvalue weighted by Gasteiger charge is 2.30. The SMILES string of the molecule is CCCCCCCCCCCCCCCCCCCCCCC(=O)O[C@H](COC(=O)CCCCCCCCCCCCCCCCCCC)COP(=O)(O)OC[C@@H](O)COP(=O)(O)OC[C@@H](COC(=O)CCCCCCCCCCCC(C)C)OC(=O)CCCCCCCCCCCCCCC(C)C. The highest BCUT2D eigenvalue weighted by atomic mass is 31.2. The van der Waals surface area contributed by atoms with Gasteiger partial charge in [-0.15, -0.1) is 0 Å². The molecular formula is C85H166O17P2. The van der Waals surface area contributed by atoms with Gasteiger partial charge in [0.1, 0.15) is 19.3 Å². The molecule has 0 spiro atoms. The Morgan fingerprint density at radius 2 is 0.442 bits per heavy atom. The Hall–Kier alpha value is -1.94. The van der Waals surface area contributed by atoms with E-state index in [1.807, 2.05) is 0 Å². The molecule has 0 aromatic carbocycles. The van der Waals surface area contributed by atoms with Crippen LogP contribution in [0.1, 0.15) is 452 Å². The van der Waals surface area contributed by atoms with Crippen molar-refractivity contribution in [1.82, 2.24) is 0 Å². The van der Waals surface area contributed by atoms with Crippen molar-refractivity contribution in [2.45, 2.75) is 471 Å². The van der Waals surface area contributed by atoms with Crippen LogP contribution in [-0.4, -0.2) is 96.7 Å². The lowest BCUT2D eigenvalue weighted by Crippen LogP contribution is -2.30. The van der Waals surface area contributed by atoms with E-state index < -0.39 is 97.5 Å². The smallest absolute Gasteiger partial charge is 0.462 e. The van der Waals surface area contributed by atoms with Gasteiger partial charge in [0.05, 0.1) is 26.4 Å². The number of hydrogen-bond donors (Lipinski definition) is 3. The Labute approximate surface area is 638 Å². The van der Waals surface area contributed by atoms with E-state index in [1.54, 1.807) is 0 Å². The molecule has 0 aromatic heterocycles. The van der Waals surface area contributed by atoms with Crippen molar-refractivity contribution >= 4 is 39.5 Å². The van der Waals surface area contributed by atoms with Crippen molar-refractivity contribution in [1.29, 1.82) is 0 Å². The predicted octanol–water partition coefficient (Wildman–Crippen LogP) is 25.8. The molecule has 2 unspecified atom stereocenters. The summed E-state index contributed by atoms with van der Waals surface area (Å²) in [6.07, 6.45) is 68.0. The molecule has 0 rings (SSSR count). The number of phosphoric ester groups is 2. The molecule has 618 valence electrons. The number of carbonyl (C=O) groups is 4. The summed E-state index contributed by atoms with van der Waals surface area (Å²) in [6.45, 7) is 9.66. The highest BCUT2D eigenvalue weighted by molar-refractivity contribution is 7.47. The Balaban J connectivity index is 5.25. The average molecular weight is 1520 g/mol. The van der Waals surface area contributed by atoms with E-state index in [-0.39, 0.29) is 25.7 Å². The minimum atomic E-state index is -4.97. The summed E-state index contributed by atoms with van der Waals surface area (Å²) in [5, 5.41) is 10.7. The molecule has 0 aromatic rings. The first kappa shape index (κ1) is 102. The van der Waals surface area contributed by atoms with Gasteiger partial charge >= 0.3 is 39.5 Å². The fourth-order valence-electron chi connectivity index (χ4n) is 13.2. The van der Waals surface area contributed by atoms with Crippen LogP contribution in [0.25, 0.3) is 0 Å². The van der Waals surface area contributed by atoms with E-state index in [0.717, 1.165) is 102 Å². The van der Waals surface area contributed by atoms with Crippen LogP contribution in [0.4, 0.5) is 0 Å². The summed E-state index contributed by atoms with van der Waals surface area (Å²) in [7, 11) is -9.93. The third-order valence-electron chi connectivity index (χ3n) is 20.0. The molecule has 0 saturated carbocycles. The van der Waals surface area contributed by atoms with E-state index in [2.05, 4.69) is 41.5 Å². The summed E-state index contributed by atoms with van der Waals surface area (Å²) in [4.78, 5) is 73.2. The lowest BCUT2D eigenvalue weighted by molar-refractivity contribution is -0.161. The third kappa shape index (κ3) is 78.2. The van der Waals surface area contributed by atoms with Gasteiger partial charge in [-0.2, -0.15) is 0 Å². The van der Waals surface area contributed by atoms with Crippen molar-refractivity contribution in [2.24, 2.45) is 11.8 Å². The second-order valence-corrected chi connectivity index (χ2v) is 34.4. The zero-order valence-electron chi connectivity index (χ0n) is 68.3. The van der Waals surface area contributed by atoms with Gasteiger partial charge in [-0.1, -0.05) is 401 Å². The Morgan fingerprint density at radius 3 is 0.654 bits per heavy atom. The molecule has 0 fully saturated rings. The van der Waals surface area contributed by atoms with E-state index >= 15 is 0 Å². The lowest BCUT2D eigenvalue weighted by atomic mass is 10.0. The zero-order chi connectivity index (χ0) is 76.4. The summed E-state index contributed by atoms with van der Waals surface area (Å²) < 4.78 is 68.9. The number of ether oxygens (including phenoxy) is 4. The molecule has 5 atom stereocenters. The molecule has 0 radical (unpaired) electrons. The van der Waals surface area contributed by atoms with Crippen molar-refractivity contribution in [3.05, 3.63) is 0 Å². The minimum absolute atomic E-state index is 0.107. The Bertz CT molecular complexity index is 1990. The van der Waals surface area contributed by atoms with E-state index in [0.29, 0.717) is 25.7 Å². The van der Waals surface area contributed by atoms with Crippen molar-refractivity contribution in [2.75, 3.05) is 39.6 Å². The lowest BCUT2D eigenvalue weighted by Gasteiger charge is -2.21. The van der Waals surface area contributed by atoms with Gasteiger partial charge in [-0.05, 0) is 37.5 Å². The molecule has 0 amide bonds. The largest absolute Gasteiger partial charge is 0.472 e. The monoisotopic (exact) mass is 1520 g/mol. The van der Waals surface area contributed by atoms with Gasteiger partial charge < -0.3 is 33.8 Å². The first-order valence-corrected chi connectivity index (χ1v) is 47.0. The van der Waals surface area contributed by atoms with Crippen LogP contribution in [0.2, 0.25) is 0 Å². The quantitative estimate of drug-likeness (QED) is 0.0222. The summed E-state index contributed by atoms with van der Waals surface area (Å²) in [5.41, 5.74) is 0. The number of aliphatic hydroxyl groups is 1. The molecule has 0 heterocycles. The number of carbonyl (C=O) groups excluding carboxylic acids is 4. The molecule has 0 aliphatic rings. The second kappa shape index (κ2) is 76.4. The average Bonchev–Trinajstić information content (AvgIpc) is 0.940. The maximum Gasteiger partial charge on any atom is 0.472 e. The zero-order valence-corrected chi connectivity index (χ0v) is 70.1. The minimum Gasteiger partial charge on any atom is -0.462 e. The van der Waals surface area contributed by atoms with Gasteiger partial charge in [0, 0.05) is 25.7 Å². The first-order chi connectivity index (χ1) is 50.4. The van der Waals surface area contributed by atoms with Gasteiger partial charge in [0.15, 0.2) is 12.2 Å². The molecule has 17 nitrogen and oxygen atoms in total. The van der Waals surface area contributed by atoms with Gasteiger partial charge in [0.25, 0.3) is 0 Å². The molecule has 0 aliphatic carbocycles. The molecular weight excluding hydrogens is 1350 g/mol. The fourth-order valence-corrected chi connectivity index (χ4v) is 14.8. The number of esters is 4. The number of phosphoric acid groups is 2. The maximum atomic E-state index is 13.1. The van der Waals surface area contributed by atoms with Gasteiger partial charge in [-0.25, -0.2) is 9.13 Å². The van der Waals surface area contributed by atoms with Crippen LogP contribution < -0.4 is 0 Å². The molecule has 104 heavy (non-hydrogen) atoms. The third-order valence-corrected chi connectivity index (χ3v) is 21.9. The molecule has 19 heteroatoms. The van der Waals surface area contributed by atoms with Crippen molar-refractivity contribution in [3.8, 4) is 0 Å². The first-order valence-electron chi connectivity index (χ1n) is 44.0. The maximum absolute atomic E-state index is 13.1. The second-order valence-electron chi connectivity index (χ2n) is 31.5. The molecule has 0 saturated heterocycles.